The molecule has 0 saturated carbocycles. The minimum absolute atomic E-state index is 0.169. The summed E-state index contributed by atoms with van der Waals surface area (Å²) in [6.45, 7) is 0. The van der Waals surface area contributed by atoms with Gasteiger partial charge < -0.3 is 9.47 Å². The number of rotatable bonds is 3. The van der Waals surface area contributed by atoms with E-state index in [-0.39, 0.29) is 28.1 Å². The Hall–Kier alpha value is -1.80. The van der Waals surface area contributed by atoms with Gasteiger partial charge in [0.1, 0.15) is 11.5 Å². The highest BCUT2D eigenvalue weighted by atomic mass is 35.5. The standard InChI is InChI=1S/C10H4Cl2F3N3O2/c11-7-16-8(12)18-9(17-7)19-5-1-3-6(4-2-5)20-10(13,14)15/h1-4H. The van der Waals surface area contributed by atoms with Crippen LogP contribution in [0.2, 0.25) is 10.6 Å². The monoisotopic (exact) mass is 325 g/mol. The van der Waals surface area contributed by atoms with Crippen LogP contribution in [-0.2, 0) is 0 Å². The Bertz CT molecular complexity index is 587. The highest BCUT2D eigenvalue weighted by Gasteiger charge is 2.30. The second-order valence-electron chi connectivity index (χ2n) is 3.28. The number of ether oxygens (including phenoxy) is 2. The van der Waals surface area contributed by atoms with Crippen molar-refractivity contribution in [2.75, 3.05) is 0 Å². The molecule has 1 aromatic carbocycles. The van der Waals surface area contributed by atoms with Crippen LogP contribution in [0.1, 0.15) is 0 Å². The number of hydrogen-bond donors (Lipinski definition) is 0. The first-order valence-electron chi connectivity index (χ1n) is 4.92. The van der Waals surface area contributed by atoms with Crippen LogP contribution in [0.15, 0.2) is 24.3 Å². The third-order valence-corrected chi connectivity index (χ3v) is 2.16. The molecule has 1 heterocycles. The summed E-state index contributed by atoms with van der Waals surface area (Å²) in [5, 5.41) is -0.339. The van der Waals surface area contributed by atoms with E-state index in [0.29, 0.717) is 0 Å². The number of hydrogen-bond acceptors (Lipinski definition) is 5. The molecule has 0 aliphatic rings. The van der Waals surface area contributed by atoms with E-state index in [0.717, 1.165) is 12.1 Å². The summed E-state index contributed by atoms with van der Waals surface area (Å²) in [6, 6.07) is 4.46. The molecule has 0 N–H and O–H groups in total. The first-order valence-corrected chi connectivity index (χ1v) is 5.68. The SMILES string of the molecule is FC(F)(F)Oc1ccc(Oc2nc(Cl)nc(Cl)n2)cc1. The van der Waals surface area contributed by atoms with Crippen molar-refractivity contribution < 1.29 is 22.6 Å². The van der Waals surface area contributed by atoms with Crippen molar-refractivity contribution in [1.82, 2.24) is 15.0 Å². The molecule has 10 heteroatoms. The van der Waals surface area contributed by atoms with Crippen molar-refractivity contribution in [1.29, 1.82) is 0 Å². The molecule has 20 heavy (non-hydrogen) atoms. The summed E-state index contributed by atoms with van der Waals surface area (Å²) in [6.07, 6.45) is -4.75. The van der Waals surface area contributed by atoms with Gasteiger partial charge in [-0.15, -0.1) is 13.2 Å². The van der Waals surface area contributed by atoms with E-state index >= 15 is 0 Å². The van der Waals surface area contributed by atoms with E-state index in [9.17, 15) is 13.2 Å². The lowest BCUT2D eigenvalue weighted by Gasteiger charge is -2.09. The maximum absolute atomic E-state index is 12.0. The fourth-order valence-corrected chi connectivity index (χ4v) is 1.52. The summed E-state index contributed by atoms with van der Waals surface area (Å²) >= 11 is 11.1. The van der Waals surface area contributed by atoms with Crippen LogP contribution in [0.25, 0.3) is 0 Å². The number of nitrogens with zero attached hydrogens (tertiary/aromatic N) is 3. The predicted molar refractivity (Wildman–Crippen MR) is 63.0 cm³/mol. The summed E-state index contributed by atoms with van der Waals surface area (Å²) in [5.41, 5.74) is 0. The van der Waals surface area contributed by atoms with Gasteiger partial charge in [0.05, 0.1) is 0 Å². The Labute approximate surface area is 120 Å². The van der Waals surface area contributed by atoms with Crippen molar-refractivity contribution in [3.05, 3.63) is 34.8 Å². The number of halogens is 5. The first kappa shape index (κ1) is 14.6. The zero-order valence-corrected chi connectivity index (χ0v) is 10.9. The van der Waals surface area contributed by atoms with Crippen molar-refractivity contribution in [2.45, 2.75) is 6.36 Å². The largest absolute Gasteiger partial charge is 0.573 e. The third kappa shape index (κ3) is 4.39. The lowest BCUT2D eigenvalue weighted by Crippen LogP contribution is -2.16. The zero-order chi connectivity index (χ0) is 14.8. The molecule has 0 radical (unpaired) electrons. The number of benzene rings is 1. The molecule has 0 bridgehead atoms. The quantitative estimate of drug-likeness (QED) is 0.857. The molecule has 0 fully saturated rings. The lowest BCUT2D eigenvalue weighted by atomic mass is 10.3. The molecule has 106 valence electrons. The van der Waals surface area contributed by atoms with Crippen molar-refractivity contribution in [2.24, 2.45) is 0 Å². The van der Waals surface area contributed by atoms with Gasteiger partial charge >= 0.3 is 12.4 Å². The van der Waals surface area contributed by atoms with Gasteiger partial charge in [0.2, 0.25) is 10.6 Å². The molecule has 0 unspecified atom stereocenters. The second kappa shape index (κ2) is 5.68. The van der Waals surface area contributed by atoms with Crippen LogP contribution in [0.5, 0.6) is 17.5 Å². The minimum Gasteiger partial charge on any atom is -0.424 e. The Morgan fingerprint density at radius 2 is 1.35 bits per heavy atom. The van der Waals surface area contributed by atoms with E-state index in [1.807, 2.05) is 0 Å². The van der Waals surface area contributed by atoms with Gasteiger partial charge in [-0.1, -0.05) is 0 Å². The van der Waals surface area contributed by atoms with Crippen molar-refractivity contribution in [3.63, 3.8) is 0 Å². The normalized spacial score (nSPS) is 11.2. The van der Waals surface area contributed by atoms with Crippen LogP contribution >= 0.6 is 23.2 Å². The summed E-state index contributed by atoms with van der Waals surface area (Å²) in [5.74, 6) is -0.200. The Balaban J connectivity index is 2.10. The average Bonchev–Trinajstić information content (AvgIpc) is 2.28. The molecule has 0 amide bonds. The maximum Gasteiger partial charge on any atom is 0.573 e. The topological polar surface area (TPSA) is 57.1 Å². The fourth-order valence-electron chi connectivity index (χ4n) is 1.17. The van der Waals surface area contributed by atoms with Gasteiger partial charge in [0.15, 0.2) is 0 Å². The van der Waals surface area contributed by atoms with E-state index in [2.05, 4.69) is 19.7 Å². The van der Waals surface area contributed by atoms with E-state index in [1.165, 1.54) is 12.1 Å². The maximum atomic E-state index is 12.0. The second-order valence-corrected chi connectivity index (χ2v) is 3.95. The molecule has 0 spiro atoms. The van der Waals surface area contributed by atoms with E-state index in [1.54, 1.807) is 0 Å². The van der Waals surface area contributed by atoms with Gasteiger partial charge in [0.25, 0.3) is 0 Å². The summed E-state index contributed by atoms with van der Waals surface area (Å²) in [4.78, 5) is 10.8. The Morgan fingerprint density at radius 1 is 0.850 bits per heavy atom. The van der Waals surface area contributed by atoms with Crippen LogP contribution in [0.3, 0.4) is 0 Å². The van der Waals surface area contributed by atoms with Gasteiger partial charge in [-0.25, -0.2) is 0 Å². The molecule has 5 nitrogen and oxygen atoms in total. The molecule has 2 aromatic rings. The van der Waals surface area contributed by atoms with Crippen LogP contribution in [-0.4, -0.2) is 21.3 Å². The highest BCUT2D eigenvalue weighted by Crippen LogP contribution is 2.26. The molecule has 0 saturated heterocycles. The lowest BCUT2D eigenvalue weighted by molar-refractivity contribution is -0.274. The van der Waals surface area contributed by atoms with Crippen LogP contribution in [0, 0.1) is 0 Å². The Kier molecular flexibility index (Phi) is 4.15. The molecule has 2 rings (SSSR count). The molecule has 0 atom stereocenters. The number of alkyl halides is 3. The molecule has 0 aliphatic heterocycles. The molecule has 1 aromatic heterocycles. The summed E-state index contributed by atoms with van der Waals surface area (Å²) in [7, 11) is 0. The first-order chi connectivity index (χ1) is 9.32. The van der Waals surface area contributed by atoms with E-state index in [4.69, 9.17) is 27.9 Å². The predicted octanol–water partition coefficient (Wildman–Crippen LogP) is 3.87. The average molecular weight is 326 g/mol. The van der Waals surface area contributed by atoms with Gasteiger partial charge in [-0.3, -0.25) is 0 Å². The smallest absolute Gasteiger partial charge is 0.424 e. The molecule has 0 aliphatic carbocycles. The third-order valence-electron chi connectivity index (χ3n) is 1.83. The highest BCUT2D eigenvalue weighted by molar-refractivity contribution is 6.31. The number of aromatic nitrogens is 3. The van der Waals surface area contributed by atoms with Gasteiger partial charge in [-0.2, -0.15) is 15.0 Å². The van der Waals surface area contributed by atoms with Crippen LogP contribution in [0.4, 0.5) is 13.2 Å². The molecular formula is C10H4Cl2F3N3O2. The van der Waals surface area contributed by atoms with Crippen molar-refractivity contribution >= 4 is 23.2 Å². The fraction of sp³-hybridized carbons (Fsp3) is 0.100. The summed E-state index contributed by atoms with van der Waals surface area (Å²) < 4.78 is 44.8. The van der Waals surface area contributed by atoms with Crippen molar-refractivity contribution in [3.8, 4) is 17.5 Å². The zero-order valence-electron chi connectivity index (χ0n) is 9.36. The van der Waals surface area contributed by atoms with Gasteiger partial charge in [0, 0.05) is 0 Å². The van der Waals surface area contributed by atoms with Crippen LogP contribution < -0.4 is 9.47 Å². The molecular weight excluding hydrogens is 322 g/mol. The Morgan fingerprint density at radius 3 is 1.85 bits per heavy atom. The van der Waals surface area contributed by atoms with Gasteiger partial charge in [-0.05, 0) is 47.5 Å². The minimum atomic E-state index is -4.75. The van der Waals surface area contributed by atoms with E-state index < -0.39 is 6.36 Å².